The van der Waals surface area contributed by atoms with Gasteiger partial charge in [0.05, 0.1) is 11.5 Å². The number of carbonyl (C=O) groups is 2. The number of non-ortho nitro benzene ring substituents is 1. The zero-order valence-corrected chi connectivity index (χ0v) is 24.9. The third-order valence-electron chi connectivity index (χ3n) is 6.93. The van der Waals surface area contributed by atoms with Crippen LogP contribution in [-0.2, 0) is 4.79 Å². The van der Waals surface area contributed by atoms with E-state index < -0.39 is 10.9 Å². The van der Waals surface area contributed by atoms with Crippen LogP contribution in [-0.4, -0.2) is 23.3 Å². The van der Waals surface area contributed by atoms with Crippen molar-refractivity contribution in [3.05, 3.63) is 112 Å². The summed E-state index contributed by atoms with van der Waals surface area (Å²) in [4.78, 5) is 35.0. The Labute approximate surface area is 254 Å². The van der Waals surface area contributed by atoms with Gasteiger partial charge in [0, 0.05) is 23.8 Å². The highest BCUT2D eigenvalue weighted by atomic mass is 16.6. The van der Waals surface area contributed by atoms with Gasteiger partial charge in [0.25, 0.3) is 5.69 Å². The first-order chi connectivity index (χ1) is 20.9. The van der Waals surface area contributed by atoms with Gasteiger partial charge in [-0.3, -0.25) is 14.9 Å². The number of rotatable bonds is 19. The number of ketones is 1. The summed E-state index contributed by atoms with van der Waals surface area (Å²) in [6, 6.07) is 19.8. The molecular formula is C36H41NO6. The lowest BCUT2D eigenvalue weighted by Crippen LogP contribution is -2.03. The van der Waals surface area contributed by atoms with Gasteiger partial charge in [-0.05, 0) is 54.0 Å². The van der Waals surface area contributed by atoms with Crippen LogP contribution in [0.5, 0.6) is 11.5 Å². The second-order valence-corrected chi connectivity index (χ2v) is 10.4. The zero-order chi connectivity index (χ0) is 30.7. The van der Waals surface area contributed by atoms with Gasteiger partial charge < -0.3 is 9.47 Å². The molecule has 0 heterocycles. The van der Waals surface area contributed by atoms with Crippen LogP contribution < -0.4 is 9.47 Å². The fraction of sp³-hybridized carbons (Fsp3) is 0.333. The van der Waals surface area contributed by atoms with Crippen LogP contribution >= 0.6 is 0 Å². The number of benzene rings is 3. The van der Waals surface area contributed by atoms with E-state index in [-0.39, 0.29) is 17.0 Å². The summed E-state index contributed by atoms with van der Waals surface area (Å²) in [6.45, 7) is 2.96. The second kappa shape index (κ2) is 18.8. The topological polar surface area (TPSA) is 95.7 Å². The van der Waals surface area contributed by atoms with E-state index in [0.29, 0.717) is 17.9 Å². The maximum absolute atomic E-state index is 12.3. The predicted octanol–water partition coefficient (Wildman–Crippen LogP) is 9.41. The summed E-state index contributed by atoms with van der Waals surface area (Å²) >= 11 is 0. The fourth-order valence-corrected chi connectivity index (χ4v) is 4.46. The number of allylic oxidation sites excluding steroid dienone is 1. The molecule has 3 aromatic rings. The van der Waals surface area contributed by atoms with E-state index in [0.717, 1.165) is 17.7 Å². The quantitative estimate of drug-likeness (QED) is 0.0265. The Morgan fingerprint density at radius 3 is 1.88 bits per heavy atom. The van der Waals surface area contributed by atoms with Gasteiger partial charge >= 0.3 is 5.97 Å². The molecule has 7 nitrogen and oxygen atoms in total. The highest BCUT2D eigenvalue weighted by molar-refractivity contribution is 6.07. The molecule has 0 fully saturated rings. The van der Waals surface area contributed by atoms with Crippen molar-refractivity contribution in [1.29, 1.82) is 0 Å². The number of hydrogen-bond donors (Lipinski definition) is 0. The van der Waals surface area contributed by atoms with Crippen LogP contribution in [0.4, 0.5) is 5.69 Å². The van der Waals surface area contributed by atoms with Crippen LogP contribution in [0.2, 0.25) is 0 Å². The van der Waals surface area contributed by atoms with Gasteiger partial charge in [-0.25, -0.2) is 4.79 Å². The molecule has 0 aliphatic carbocycles. The zero-order valence-electron chi connectivity index (χ0n) is 24.9. The molecule has 0 unspecified atom stereocenters. The summed E-state index contributed by atoms with van der Waals surface area (Å²) in [5, 5.41) is 10.9. The number of unbranched alkanes of at least 4 members (excludes halogenated alkanes) is 9. The summed E-state index contributed by atoms with van der Waals surface area (Å²) in [5.74, 6) is 0.326. The van der Waals surface area contributed by atoms with Crippen molar-refractivity contribution in [2.45, 2.75) is 71.1 Å². The molecule has 3 aromatic carbocycles. The highest BCUT2D eigenvalue weighted by Gasteiger charge is 2.09. The normalized spacial score (nSPS) is 11.2. The van der Waals surface area contributed by atoms with Crippen molar-refractivity contribution >= 4 is 29.6 Å². The third-order valence-corrected chi connectivity index (χ3v) is 6.93. The molecule has 0 atom stereocenters. The smallest absolute Gasteiger partial charge is 0.336 e. The Bertz CT molecular complexity index is 1360. The maximum atomic E-state index is 12.3. The molecule has 0 bridgehead atoms. The van der Waals surface area contributed by atoms with E-state index in [4.69, 9.17) is 9.47 Å². The summed E-state index contributed by atoms with van der Waals surface area (Å²) in [5.41, 5.74) is 1.66. The average molecular weight is 584 g/mol. The maximum Gasteiger partial charge on any atom is 0.336 e. The molecule has 0 aliphatic rings. The molecule has 0 spiro atoms. The summed E-state index contributed by atoms with van der Waals surface area (Å²) < 4.78 is 11.2. The SMILES string of the molecule is CCCCCCCCCCCCOc1ccc(/C=C/C(=O)Oc2ccc(/C=C/C(=O)c3cccc([N+](=O)[O-])c3)cc2)cc1. The van der Waals surface area contributed by atoms with Crippen molar-refractivity contribution in [2.75, 3.05) is 6.61 Å². The number of nitro groups is 1. The standard InChI is InChI=1S/C36H41NO6/c1-2-3-4-5-6-7-8-9-10-11-27-42-33-21-15-30(16-22-33)20-26-36(39)43-34-23-17-29(18-24-34)19-25-35(38)31-13-12-14-32(28-31)37(40)41/h12-26,28H,2-11,27H2,1H3/b25-19+,26-20+. The Morgan fingerprint density at radius 1 is 0.721 bits per heavy atom. The lowest BCUT2D eigenvalue weighted by atomic mass is 10.1. The van der Waals surface area contributed by atoms with E-state index in [2.05, 4.69) is 6.92 Å². The molecule has 3 rings (SSSR count). The molecule has 43 heavy (non-hydrogen) atoms. The summed E-state index contributed by atoms with van der Waals surface area (Å²) in [7, 11) is 0. The Balaban J connectivity index is 1.34. The van der Waals surface area contributed by atoms with Crippen molar-refractivity contribution in [1.82, 2.24) is 0 Å². The lowest BCUT2D eigenvalue weighted by molar-refractivity contribution is -0.384. The fourth-order valence-electron chi connectivity index (χ4n) is 4.46. The minimum Gasteiger partial charge on any atom is -0.494 e. The average Bonchev–Trinajstić information content (AvgIpc) is 3.02. The van der Waals surface area contributed by atoms with E-state index in [1.807, 2.05) is 24.3 Å². The molecular weight excluding hydrogens is 542 g/mol. The van der Waals surface area contributed by atoms with Crippen molar-refractivity contribution in [3.8, 4) is 11.5 Å². The third kappa shape index (κ3) is 12.9. The van der Waals surface area contributed by atoms with Gasteiger partial charge in [0.15, 0.2) is 5.78 Å². The first kappa shape index (κ1) is 33.0. The van der Waals surface area contributed by atoms with Crippen molar-refractivity contribution in [3.63, 3.8) is 0 Å². The monoisotopic (exact) mass is 583 g/mol. The largest absolute Gasteiger partial charge is 0.494 e. The Kier molecular flexibility index (Phi) is 14.4. The molecule has 7 heteroatoms. The molecule has 0 saturated carbocycles. The van der Waals surface area contributed by atoms with E-state index in [1.54, 1.807) is 36.4 Å². The van der Waals surface area contributed by atoms with Crippen LogP contribution in [0.3, 0.4) is 0 Å². The van der Waals surface area contributed by atoms with E-state index >= 15 is 0 Å². The first-order valence-electron chi connectivity index (χ1n) is 15.1. The second-order valence-electron chi connectivity index (χ2n) is 10.4. The molecule has 0 aromatic heterocycles. The number of esters is 1. The first-order valence-corrected chi connectivity index (χ1v) is 15.1. The molecule has 0 radical (unpaired) electrons. The molecule has 0 N–H and O–H groups in total. The number of carbonyl (C=O) groups excluding carboxylic acids is 2. The molecule has 0 amide bonds. The van der Waals surface area contributed by atoms with Crippen molar-refractivity contribution < 1.29 is 24.0 Å². The van der Waals surface area contributed by atoms with Gasteiger partial charge in [0.1, 0.15) is 11.5 Å². The van der Waals surface area contributed by atoms with Crippen molar-refractivity contribution in [2.24, 2.45) is 0 Å². The number of hydrogen-bond acceptors (Lipinski definition) is 6. The van der Waals surface area contributed by atoms with Crippen LogP contribution in [0.25, 0.3) is 12.2 Å². The predicted molar refractivity (Wildman–Crippen MR) is 171 cm³/mol. The van der Waals surface area contributed by atoms with E-state index in [9.17, 15) is 19.7 Å². The minimum atomic E-state index is -0.540. The summed E-state index contributed by atoms with van der Waals surface area (Å²) in [6.07, 6.45) is 18.9. The van der Waals surface area contributed by atoms with Gasteiger partial charge in [-0.2, -0.15) is 0 Å². The number of ether oxygens (including phenoxy) is 2. The molecule has 0 saturated heterocycles. The van der Waals surface area contributed by atoms with Gasteiger partial charge in [0.2, 0.25) is 0 Å². The molecule has 0 aliphatic heterocycles. The number of nitrogens with zero attached hydrogens (tertiary/aromatic N) is 1. The lowest BCUT2D eigenvalue weighted by Gasteiger charge is -2.06. The number of nitro benzene ring substituents is 1. The molecule has 226 valence electrons. The van der Waals surface area contributed by atoms with Crippen LogP contribution in [0, 0.1) is 10.1 Å². The van der Waals surface area contributed by atoms with Gasteiger partial charge in [-0.1, -0.05) is 107 Å². The Hall–Kier alpha value is -4.52. The van der Waals surface area contributed by atoms with Crippen LogP contribution in [0.15, 0.2) is 84.9 Å². The van der Waals surface area contributed by atoms with E-state index in [1.165, 1.54) is 94.2 Å². The van der Waals surface area contributed by atoms with Gasteiger partial charge in [-0.15, -0.1) is 0 Å². The minimum absolute atomic E-state index is 0.139. The van der Waals surface area contributed by atoms with Crippen LogP contribution in [0.1, 0.15) is 92.6 Å². The Morgan fingerprint density at radius 2 is 1.28 bits per heavy atom. The highest BCUT2D eigenvalue weighted by Crippen LogP contribution is 2.18.